The van der Waals surface area contributed by atoms with Gasteiger partial charge in [0.2, 0.25) is 0 Å². The van der Waals surface area contributed by atoms with Crippen LogP contribution in [-0.4, -0.2) is 35.8 Å². The normalized spacial score (nSPS) is 12.3. The van der Waals surface area contributed by atoms with E-state index in [1.54, 1.807) is 31.3 Å². The summed E-state index contributed by atoms with van der Waals surface area (Å²) in [5, 5.41) is 18.3. The standard InChI is InChI=1S/C22H19N5O4S/c1-28-16-4-3-5-17(29-2)21(16)32-26-22-19-18(31-25-22)8-14(15-6-7-30-20(15)19)12-27-11-13(9-23)10-24-27/h3-5,8,10-11H,6-7,12H2,1-2H3,(H,25,26). The summed E-state index contributed by atoms with van der Waals surface area (Å²) in [6, 6.07) is 9.67. The fraction of sp³-hybridized carbons (Fsp3) is 0.227. The molecular weight excluding hydrogens is 430 g/mol. The maximum Gasteiger partial charge on any atom is 0.191 e. The number of methoxy groups -OCH3 is 2. The van der Waals surface area contributed by atoms with E-state index in [2.05, 4.69) is 21.0 Å². The summed E-state index contributed by atoms with van der Waals surface area (Å²) in [5.41, 5.74) is 3.26. The van der Waals surface area contributed by atoms with E-state index in [1.165, 1.54) is 11.9 Å². The third-order valence-corrected chi connectivity index (χ3v) is 6.14. The first-order valence-electron chi connectivity index (χ1n) is 9.85. The van der Waals surface area contributed by atoms with E-state index in [1.807, 2.05) is 24.3 Å². The fourth-order valence-electron chi connectivity index (χ4n) is 3.76. The van der Waals surface area contributed by atoms with Crippen LogP contribution < -0.4 is 18.9 Å². The molecule has 0 radical (unpaired) electrons. The van der Waals surface area contributed by atoms with Crippen LogP contribution in [0, 0.1) is 11.3 Å². The average Bonchev–Trinajstić information content (AvgIpc) is 3.56. The van der Waals surface area contributed by atoms with Gasteiger partial charge in [0.05, 0.1) is 39.1 Å². The lowest BCUT2D eigenvalue weighted by molar-refractivity contribution is 0.360. The van der Waals surface area contributed by atoms with E-state index < -0.39 is 0 Å². The highest BCUT2D eigenvalue weighted by Crippen LogP contribution is 2.43. The quantitative estimate of drug-likeness (QED) is 0.419. The SMILES string of the molecule is COc1cccc(OC)c1SNc1noc2cc(Cn3cc(C#N)cn3)c3c(c12)OCC3. The van der Waals surface area contributed by atoms with E-state index in [4.69, 9.17) is 24.0 Å². The molecule has 3 heterocycles. The van der Waals surface area contributed by atoms with E-state index in [-0.39, 0.29) is 0 Å². The summed E-state index contributed by atoms with van der Waals surface area (Å²) < 4.78 is 27.5. The lowest BCUT2D eigenvalue weighted by atomic mass is 10.0. The second kappa shape index (κ2) is 8.36. The summed E-state index contributed by atoms with van der Waals surface area (Å²) >= 11 is 1.33. The summed E-state index contributed by atoms with van der Waals surface area (Å²) in [6.45, 7) is 1.10. The fourth-order valence-corrected chi connectivity index (χ4v) is 4.60. The van der Waals surface area contributed by atoms with E-state index in [0.29, 0.717) is 41.6 Å². The molecule has 9 nitrogen and oxygen atoms in total. The van der Waals surface area contributed by atoms with Crippen LogP contribution in [0.4, 0.5) is 5.82 Å². The van der Waals surface area contributed by atoms with Crippen molar-refractivity contribution in [1.29, 1.82) is 5.26 Å². The molecule has 2 aromatic heterocycles. The minimum atomic E-state index is 0.514. The number of nitriles is 1. The van der Waals surface area contributed by atoms with Crippen LogP contribution >= 0.6 is 11.9 Å². The monoisotopic (exact) mass is 449 g/mol. The third-order valence-electron chi connectivity index (χ3n) is 5.24. The molecule has 4 aromatic rings. The topological polar surface area (TPSA) is 107 Å². The maximum atomic E-state index is 9.04. The zero-order valence-corrected chi connectivity index (χ0v) is 18.2. The predicted molar refractivity (Wildman–Crippen MR) is 118 cm³/mol. The Labute approximate surface area is 188 Å². The van der Waals surface area contributed by atoms with Gasteiger partial charge in [0, 0.05) is 18.2 Å². The Morgan fingerprint density at radius 3 is 2.81 bits per heavy atom. The van der Waals surface area contributed by atoms with Crippen molar-refractivity contribution in [2.45, 2.75) is 17.9 Å². The summed E-state index contributed by atoms with van der Waals surface area (Å²) in [5.74, 6) is 2.71. The lowest BCUT2D eigenvalue weighted by Gasteiger charge is -2.12. The molecule has 10 heteroatoms. The Bertz CT molecular complexity index is 1320. The lowest BCUT2D eigenvalue weighted by Crippen LogP contribution is -2.03. The number of nitrogens with one attached hydrogen (secondary N) is 1. The van der Waals surface area contributed by atoms with Crippen molar-refractivity contribution in [2.24, 2.45) is 0 Å². The van der Waals surface area contributed by atoms with Crippen molar-refractivity contribution >= 4 is 28.7 Å². The van der Waals surface area contributed by atoms with Crippen LogP contribution in [0.2, 0.25) is 0 Å². The van der Waals surface area contributed by atoms with Crippen LogP contribution in [-0.2, 0) is 13.0 Å². The summed E-state index contributed by atoms with van der Waals surface area (Å²) in [6.07, 6.45) is 4.05. The van der Waals surface area contributed by atoms with Crippen LogP contribution in [0.3, 0.4) is 0 Å². The van der Waals surface area contributed by atoms with Gasteiger partial charge in [-0.2, -0.15) is 10.4 Å². The highest BCUT2D eigenvalue weighted by Gasteiger charge is 2.26. The first-order chi connectivity index (χ1) is 15.7. The van der Waals surface area contributed by atoms with Crippen LogP contribution in [0.15, 0.2) is 46.1 Å². The predicted octanol–water partition coefficient (Wildman–Crippen LogP) is 4.02. The molecule has 0 amide bonds. The molecule has 0 aliphatic carbocycles. The van der Waals surface area contributed by atoms with Gasteiger partial charge in [-0.05, 0) is 35.7 Å². The highest BCUT2D eigenvalue weighted by atomic mass is 32.2. The average molecular weight is 449 g/mol. The number of aromatic nitrogens is 3. The second-order valence-corrected chi connectivity index (χ2v) is 7.90. The van der Waals surface area contributed by atoms with Crippen LogP contribution in [0.5, 0.6) is 17.2 Å². The molecule has 162 valence electrons. The van der Waals surface area contributed by atoms with E-state index >= 15 is 0 Å². The Kier molecular flexibility index (Phi) is 5.25. The van der Waals surface area contributed by atoms with E-state index in [9.17, 15) is 0 Å². The van der Waals surface area contributed by atoms with Gasteiger partial charge < -0.3 is 23.5 Å². The second-order valence-electron chi connectivity index (χ2n) is 7.08. The number of fused-ring (bicyclic) bond motifs is 3. The molecule has 1 aliphatic rings. The minimum absolute atomic E-state index is 0.514. The molecule has 5 rings (SSSR count). The van der Waals surface area contributed by atoms with E-state index in [0.717, 1.165) is 33.6 Å². The molecule has 1 aliphatic heterocycles. The first kappa shape index (κ1) is 20.1. The van der Waals surface area contributed by atoms with Gasteiger partial charge >= 0.3 is 0 Å². The number of nitrogens with zero attached hydrogens (tertiary/aromatic N) is 4. The minimum Gasteiger partial charge on any atom is -0.495 e. The Hall–Kier alpha value is -3.84. The van der Waals surface area contributed by atoms with Crippen molar-refractivity contribution in [3.63, 3.8) is 0 Å². The van der Waals surface area contributed by atoms with Crippen molar-refractivity contribution < 1.29 is 18.7 Å². The zero-order chi connectivity index (χ0) is 22.1. The van der Waals surface area contributed by atoms with Gasteiger partial charge in [0.15, 0.2) is 11.4 Å². The molecule has 1 N–H and O–H groups in total. The molecule has 0 spiro atoms. The van der Waals surface area contributed by atoms with Crippen molar-refractivity contribution in [3.05, 3.63) is 53.3 Å². The van der Waals surface area contributed by atoms with Crippen LogP contribution in [0.25, 0.3) is 11.0 Å². The zero-order valence-electron chi connectivity index (χ0n) is 17.4. The third kappa shape index (κ3) is 3.46. The summed E-state index contributed by atoms with van der Waals surface area (Å²) in [7, 11) is 3.23. The molecule has 32 heavy (non-hydrogen) atoms. The largest absolute Gasteiger partial charge is 0.495 e. The number of benzene rings is 2. The smallest absolute Gasteiger partial charge is 0.191 e. The number of hydrogen-bond donors (Lipinski definition) is 1. The highest BCUT2D eigenvalue weighted by molar-refractivity contribution is 8.00. The molecule has 0 saturated carbocycles. The van der Waals surface area contributed by atoms with Gasteiger partial charge in [-0.3, -0.25) is 4.68 Å². The molecule has 0 atom stereocenters. The molecule has 0 unspecified atom stereocenters. The molecule has 0 saturated heterocycles. The first-order valence-corrected chi connectivity index (χ1v) is 10.7. The number of ether oxygens (including phenoxy) is 3. The van der Waals surface area contributed by atoms with Gasteiger partial charge in [0.25, 0.3) is 0 Å². The summed E-state index contributed by atoms with van der Waals surface area (Å²) in [4.78, 5) is 0.801. The van der Waals surface area contributed by atoms with Crippen molar-refractivity contribution in [1.82, 2.24) is 14.9 Å². The molecule has 2 aromatic carbocycles. The van der Waals surface area contributed by atoms with Crippen LogP contribution in [0.1, 0.15) is 16.7 Å². The van der Waals surface area contributed by atoms with Gasteiger partial charge in [-0.1, -0.05) is 11.2 Å². The van der Waals surface area contributed by atoms with Gasteiger partial charge in [-0.25, -0.2) is 0 Å². The number of rotatable bonds is 7. The van der Waals surface area contributed by atoms with Crippen molar-refractivity contribution in [3.8, 4) is 23.3 Å². The van der Waals surface area contributed by atoms with Gasteiger partial charge in [0.1, 0.15) is 33.6 Å². The molecular formula is C22H19N5O4S. The number of anilines is 1. The molecule has 0 bridgehead atoms. The Morgan fingerprint density at radius 1 is 1.28 bits per heavy atom. The molecule has 0 fully saturated rings. The Balaban J connectivity index is 1.48. The van der Waals surface area contributed by atoms with Crippen molar-refractivity contribution in [2.75, 3.05) is 25.5 Å². The van der Waals surface area contributed by atoms with Gasteiger partial charge in [-0.15, -0.1) is 0 Å². The number of hydrogen-bond acceptors (Lipinski definition) is 9. The maximum absolute atomic E-state index is 9.04. The Morgan fingerprint density at radius 2 is 2.09 bits per heavy atom.